The first-order chi connectivity index (χ1) is 21.5. The Balaban J connectivity index is 2.61. The number of carbonyl (C=O) groups is 5. The first-order valence-corrected chi connectivity index (χ1v) is 16.7. The van der Waals surface area contributed by atoms with Crippen LogP contribution < -0.4 is 31.5 Å². The first-order valence-electron chi connectivity index (χ1n) is 16.7. The van der Waals surface area contributed by atoms with Crippen molar-refractivity contribution >= 4 is 35.2 Å². The van der Waals surface area contributed by atoms with Crippen molar-refractivity contribution in [3.8, 4) is 0 Å². The zero-order chi connectivity index (χ0) is 34.7. The summed E-state index contributed by atoms with van der Waals surface area (Å²) in [4.78, 5) is 70.8. The van der Waals surface area contributed by atoms with Gasteiger partial charge in [-0.2, -0.15) is 0 Å². The smallest absolute Gasteiger partial charge is 0.243 e. The lowest BCUT2D eigenvalue weighted by atomic mass is 9.98. The van der Waals surface area contributed by atoms with Crippen LogP contribution >= 0.6 is 0 Å². The number of rotatable bonds is 11. The molecule has 258 valence electrons. The van der Waals surface area contributed by atoms with Gasteiger partial charge in [-0.15, -0.1) is 0 Å². The highest BCUT2D eigenvalue weighted by Gasteiger charge is 2.35. The molecule has 11 nitrogen and oxygen atoms in total. The Bertz CT molecular complexity index is 1160. The molecule has 1 fully saturated rings. The fraction of sp³-hybridized carbons (Fsp3) is 0.686. The zero-order valence-corrected chi connectivity index (χ0v) is 29.5. The molecule has 0 unspecified atom stereocenters. The van der Waals surface area contributed by atoms with Gasteiger partial charge in [-0.3, -0.25) is 24.0 Å². The monoisotopic (exact) mass is 642 g/mol. The molecule has 1 aromatic rings. The van der Waals surface area contributed by atoms with E-state index in [4.69, 9.17) is 0 Å². The third-order valence-electron chi connectivity index (χ3n) is 7.89. The van der Waals surface area contributed by atoms with Gasteiger partial charge in [0, 0.05) is 26.2 Å². The lowest BCUT2D eigenvalue weighted by Gasteiger charge is -2.27. The van der Waals surface area contributed by atoms with Gasteiger partial charge in [-0.25, -0.2) is 0 Å². The molecule has 1 aliphatic heterocycles. The lowest BCUT2D eigenvalue weighted by molar-refractivity contribution is -0.134. The van der Waals surface area contributed by atoms with Gasteiger partial charge in [0.05, 0.1) is 0 Å². The Labute approximate surface area is 275 Å². The van der Waals surface area contributed by atoms with Crippen LogP contribution in [0.25, 0.3) is 0 Å². The SMILES string of the molecule is CC(C)C[C@@H]1NC(=O)[C@@H](CC(C)C)NC(=O)[C@H](CC(C)C)NC(=O)[C@@H](CC(C)C)NC(=O)[C@@H](Cc2ccc(N(C)C)cc2)NC1=O. The summed E-state index contributed by atoms with van der Waals surface area (Å²) in [7, 11) is 3.87. The molecule has 0 radical (unpaired) electrons. The Morgan fingerprint density at radius 2 is 0.739 bits per heavy atom. The van der Waals surface area contributed by atoms with E-state index in [0.717, 1.165) is 11.3 Å². The van der Waals surface area contributed by atoms with Crippen molar-refractivity contribution in [3.63, 3.8) is 0 Å². The molecule has 5 atom stereocenters. The maximum atomic E-state index is 13.9. The van der Waals surface area contributed by atoms with Crippen LogP contribution in [-0.4, -0.2) is 73.8 Å². The van der Waals surface area contributed by atoms with Gasteiger partial charge < -0.3 is 31.5 Å². The second kappa shape index (κ2) is 17.9. The molecule has 46 heavy (non-hydrogen) atoms. The molecule has 0 aliphatic carbocycles. The summed E-state index contributed by atoms with van der Waals surface area (Å²) in [6, 6.07) is 2.96. The average Bonchev–Trinajstić information content (AvgIpc) is 2.94. The number of carbonyl (C=O) groups excluding carboxylic acids is 5. The predicted molar refractivity (Wildman–Crippen MR) is 182 cm³/mol. The number of hydrogen-bond donors (Lipinski definition) is 5. The molecule has 1 saturated heterocycles. The van der Waals surface area contributed by atoms with Gasteiger partial charge in [-0.1, -0.05) is 67.5 Å². The standard InChI is InChI=1S/C35H58N6O5/c1-20(2)15-26-31(42)36-27(16-21(3)4)32(43)38-29(18-23(7)8)34(45)40-30(19-24-11-13-25(14-12-24)41(9)10)35(46)39-28(17-22(5)6)33(44)37-26/h11-14,20-23,26-30H,15-19H2,1-10H3,(H,36,42)(H,37,44)(H,38,43)(H,39,46)(H,40,45)/t26-,27+,28+,29-,30+/m0/s1. The van der Waals surface area contributed by atoms with Crippen LogP contribution in [0.3, 0.4) is 0 Å². The summed E-state index contributed by atoms with van der Waals surface area (Å²) in [6.07, 6.45) is 1.53. The Morgan fingerprint density at radius 3 is 1.00 bits per heavy atom. The fourth-order valence-electron chi connectivity index (χ4n) is 5.55. The molecule has 5 N–H and O–H groups in total. The summed E-state index contributed by atoms with van der Waals surface area (Å²) in [5, 5.41) is 14.4. The minimum Gasteiger partial charge on any atom is -0.378 e. The molecule has 1 aromatic carbocycles. The molecule has 0 bridgehead atoms. The molecule has 0 saturated carbocycles. The van der Waals surface area contributed by atoms with Gasteiger partial charge >= 0.3 is 0 Å². The van der Waals surface area contributed by atoms with Crippen LogP contribution in [0.4, 0.5) is 5.69 Å². The van der Waals surface area contributed by atoms with Gasteiger partial charge in [0.25, 0.3) is 0 Å². The summed E-state index contributed by atoms with van der Waals surface area (Å²) in [5.74, 6) is -2.23. The lowest BCUT2D eigenvalue weighted by Crippen LogP contribution is -2.58. The molecule has 2 rings (SSSR count). The maximum absolute atomic E-state index is 13.9. The highest BCUT2D eigenvalue weighted by atomic mass is 16.2. The van der Waals surface area contributed by atoms with Crippen LogP contribution in [0, 0.1) is 23.7 Å². The minimum atomic E-state index is -1.02. The Hall–Kier alpha value is -3.63. The van der Waals surface area contributed by atoms with E-state index in [9.17, 15) is 24.0 Å². The van der Waals surface area contributed by atoms with E-state index in [1.807, 2.05) is 98.7 Å². The molecule has 1 aliphatic rings. The summed E-state index contributed by atoms with van der Waals surface area (Å²) in [5.41, 5.74) is 1.81. The molecule has 5 amide bonds. The fourth-order valence-corrected chi connectivity index (χ4v) is 5.55. The molecular weight excluding hydrogens is 584 g/mol. The normalized spacial score (nSPS) is 23.8. The number of nitrogens with zero attached hydrogens (tertiary/aromatic N) is 1. The highest BCUT2D eigenvalue weighted by molar-refractivity contribution is 5.98. The van der Waals surface area contributed by atoms with E-state index in [-0.39, 0.29) is 30.1 Å². The van der Waals surface area contributed by atoms with Crippen molar-refractivity contribution in [1.82, 2.24) is 26.6 Å². The number of benzene rings is 1. The topological polar surface area (TPSA) is 149 Å². The van der Waals surface area contributed by atoms with E-state index >= 15 is 0 Å². The molecule has 0 spiro atoms. The second-order valence-corrected chi connectivity index (χ2v) is 14.6. The quantitative estimate of drug-likeness (QED) is 0.251. The number of amides is 5. The number of hydrogen-bond acceptors (Lipinski definition) is 6. The third kappa shape index (κ3) is 12.6. The van der Waals surface area contributed by atoms with Gasteiger partial charge in [-0.05, 0) is 67.1 Å². The van der Waals surface area contributed by atoms with Crippen LogP contribution in [-0.2, 0) is 30.4 Å². The first kappa shape index (κ1) is 38.6. The van der Waals surface area contributed by atoms with E-state index in [1.165, 1.54) is 0 Å². The maximum Gasteiger partial charge on any atom is 0.243 e. The molecular formula is C35H58N6O5. The largest absolute Gasteiger partial charge is 0.378 e. The summed E-state index contributed by atoms with van der Waals surface area (Å²) in [6.45, 7) is 15.6. The van der Waals surface area contributed by atoms with Crippen LogP contribution in [0.1, 0.15) is 86.6 Å². The minimum absolute atomic E-state index is 0.0507. The second-order valence-electron chi connectivity index (χ2n) is 14.6. The van der Waals surface area contributed by atoms with E-state index < -0.39 is 59.7 Å². The number of nitrogens with one attached hydrogen (secondary N) is 5. The summed E-state index contributed by atoms with van der Waals surface area (Å²) >= 11 is 0. The summed E-state index contributed by atoms with van der Waals surface area (Å²) < 4.78 is 0. The van der Waals surface area contributed by atoms with Crippen molar-refractivity contribution in [2.75, 3.05) is 19.0 Å². The Kier molecular flexibility index (Phi) is 15.0. The molecule has 1 heterocycles. The van der Waals surface area contributed by atoms with Crippen molar-refractivity contribution < 1.29 is 24.0 Å². The van der Waals surface area contributed by atoms with Crippen LogP contribution in [0.2, 0.25) is 0 Å². The predicted octanol–water partition coefficient (Wildman–Crippen LogP) is 2.92. The highest BCUT2D eigenvalue weighted by Crippen LogP contribution is 2.16. The van der Waals surface area contributed by atoms with Crippen molar-refractivity contribution in [2.24, 2.45) is 23.7 Å². The molecule has 0 aromatic heterocycles. The number of anilines is 1. The van der Waals surface area contributed by atoms with E-state index in [1.54, 1.807) is 0 Å². The van der Waals surface area contributed by atoms with Crippen LogP contribution in [0.5, 0.6) is 0 Å². The Morgan fingerprint density at radius 1 is 0.478 bits per heavy atom. The van der Waals surface area contributed by atoms with Crippen molar-refractivity contribution in [3.05, 3.63) is 29.8 Å². The van der Waals surface area contributed by atoms with Crippen molar-refractivity contribution in [1.29, 1.82) is 0 Å². The molecule has 11 heteroatoms. The van der Waals surface area contributed by atoms with Gasteiger partial charge in [0.1, 0.15) is 30.2 Å². The van der Waals surface area contributed by atoms with Gasteiger partial charge in [0.2, 0.25) is 29.5 Å². The average molecular weight is 643 g/mol. The zero-order valence-electron chi connectivity index (χ0n) is 29.5. The van der Waals surface area contributed by atoms with Crippen molar-refractivity contribution in [2.45, 2.75) is 118 Å². The van der Waals surface area contributed by atoms with Gasteiger partial charge in [0.15, 0.2) is 0 Å². The van der Waals surface area contributed by atoms with E-state index in [0.29, 0.717) is 25.7 Å². The van der Waals surface area contributed by atoms with Crippen LogP contribution in [0.15, 0.2) is 24.3 Å². The third-order valence-corrected chi connectivity index (χ3v) is 7.89. The van der Waals surface area contributed by atoms with E-state index in [2.05, 4.69) is 26.6 Å².